The third-order valence-electron chi connectivity index (χ3n) is 0.607. The van der Waals surface area contributed by atoms with Crippen LogP contribution in [0.25, 0.3) is 0 Å². The maximum absolute atomic E-state index is 8.39. The number of hydrogen-bond donors (Lipinski definition) is 2. The molecule has 0 radical (unpaired) electrons. The van der Waals surface area contributed by atoms with Crippen LogP contribution in [0.5, 0.6) is 0 Å². The van der Waals surface area contributed by atoms with E-state index in [0.717, 1.165) is 0 Å². The van der Waals surface area contributed by atoms with Crippen LogP contribution in [0, 0.1) is 6.92 Å². The van der Waals surface area contributed by atoms with Crippen LogP contribution in [0.2, 0.25) is 0 Å². The Morgan fingerprint density at radius 3 is 2.00 bits per heavy atom. The van der Waals surface area contributed by atoms with Gasteiger partial charge in [0.15, 0.2) is 0 Å². The Bertz CT molecular complexity index is 28.5. The lowest BCUT2D eigenvalue weighted by atomic mass is 10.2. The van der Waals surface area contributed by atoms with E-state index in [-0.39, 0.29) is 6.04 Å². The minimum Gasteiger partial charge on any atom is -0.352 e. The molecule has 0 aromatic heterocycles. The molecule has 2 nitrogen and oxygen atoms in total. The van der Waals surface area contributed by atoms with Crippen molar-refractivity contribution < 1.29 is 5.11 Å². The van der Waals surface area contributed by atoms with Gasteiger partial charge in [-0.2, -0.15) is 0 Å². The van der Waals surface area contributed by atoms with Crippen molar-refractivity contribution in [2.24, 2.45) is 5.73 Å². The number of nitrogens with two attached hydrogens (primary N) is 1. The van der Waals surface area contributed by atoms with Gasteiger partial charge in [0.05, 0.1) is 13.0 Å². The number of aliphatic hydroxyl groups excluding tert-OH is 1. The van der Waals surface area contributed by atoms with Crippen molar-refractivity contribution in [1.82, 2.24) is 0 Å². The van der Waals surface area contributed by atoms with E-state index in [4.69, 9.17) is 10.8 Å². The third-order valence-corrected chi connectivity index (χ3v) is 0.607. The Hall–Kier alpha value is -0.210. The van der Waals surface area contributed by atoms with Crippen LogP contribution in [0.3, 0.4) is 0 Å². The van der Waals surface area contributed by atoms with E-state index in [9.17, 15) is 0 Å². The molecule has 0 bridgehead atoms. The molecule has 0 saturated heterocycles. The van der Waals surface area contributed by atoms with Gasteiger partial charge in [-0.25, -0.2) is 0 Å². The molecule has 0 heterocycles. The van der Waals surface area contributed by atoms with Crippen LogP contribution in [0.15, 0.2) is 0 Å². The topological polar surface area (TPSA) is 46.2 Å². The Labute approximate surface area is 38.0 Å². The molecule has 0 aliphatic rings. The smallest absolute Gasteiger partial charge is 0.207 e. The maximum Gasteiger partial charge on any atom is 0.207 e. The van der Waals surface area contributed by atoms with Gasteiger partial charge in [-0.15, -0.1) is 0 Å². The maximum atomic E-state index is 8.39. The molecular formula is C4H10NO+. The molecule has 2 unspecified atom stereocenters. The Morgan fingerprint density at radius 1 is 1.83 bits per heavy atom. The molecule has 36 valence electrons. The van der Waals surface area contributed by atoms with E-state index in [1.165, 1.54) is 0 Å². The molecule has 2 heteroatoms. The summed E-state index contributed by atoms with van der Waals surface area (Å²) in [6.45, 7) is 4.97. The molecule has 0 aliphatic heterocycles. The van der Waals surface area contributed by atoms with Gasteiger partial charge in [0.2, 0.25) is 6.10 Å². The zero-order valence-electron chi connectivity index (χ0n) is 3.89. The van der Waals surface area contributed by atoms with Crippen molar-refractivity contribution in [3.63, 3.8) is 0 Å². The summed E-state index contributed by atoms with van der Waals surface area (Å²) in [6.07, 6.45) is -0.620. The summed E-state index contributed by atoms with van der Waals surface area (Å²) in [5, 5.41) is 8.39. The van der Waals surface area contributed by atoms with Crippen LogP contribution in [0.1, 0.15) is 6.92 Å². The fraction of sp³-hybridized carbons (Fsp3) is 0.750. The fourth-order valence-corrected chi connectivity index (χ4v) is 0. The van der Waals surface area contributed by atoms with E-state index in [2.05, 4.69) is 6.92 Å². The molecule has 0 saturated carbocycles. The van der Waals surface area contributed by atoms with Gasteiger partial charge >= 0.3 is 0 Å². The summed E-state index contributed by atoms with van der Waals surface area (Å²) in [5.74, 6) is 0. The first-order chi connectivity index (χ1) is 2.64. The molecular weight excluding hydrogens is 78.0 g/mol. The van der Waals surface area contributed by atoms with Crippen LogP contribution in [-0.2, 0) is 0 Å². The quantitative estimate of drug-likeness (QED) is 0.425. The summed E-state index contributed by atoms with van der Waals surface area (Å²) in [6, 6.07) is -0.204. The Morgan fingerprint density at radius 2 is 2.00 bits per heavy atom. The molecule has 0 amide bonds. The lowest BCUT2D eigenvalue weighted by molar-refractivity contribution is 0.196. The van der Waals surface area contributed by atoms with Gasteiger partial charge in [-0.05, 0) is 6.92 Å². The Balaban J connectivity index is 2.99. The van der Waals surface area contributed by atoms with Gasteiger partial charge in [0.1, 0.15) is 0 Å². The molecule has 0 aliphatic carbocycles. The van der Waals surface area contributed by atoms with Crippen molar-refractivity contribution in [3.05, 3.63) is 6.92 Å². The highest BCUT2D eigenvalue weighted by atomic mass is 16.3. The van der Waals surface area contributed by atoms with Gasteiger partial charge in [-0.3, -0.25) is 0 Å². The largest absolute Gasteiger partial charge is 0.352 e. The first-order valence-electron chi connectivity index (χ1n) is 1.91. The van der Waals surface area contributed by atoms with Crippen molar-refractivity contribution in [1.29, 1.82) is 0 Å². The lowest BCUT2D eigenvalue weighted by Gasteiger charge is -1.97. The lowest BCUT2D eigenvalue weighted by Crippen LogP contribution is -2.28. The first-order valence-corrected chi connectivity index (χ1v) is 1.91. The van der Waals surface area contributed by atoms with Gasteiger partial charge < -0.3 is 10.8 Å². The highest BCUT2D eigenvalue weighted by molar-refractivity contribution is 4.66. The summed E-state index contributed by atoms with van der Waals surface area (Å²) in [5.41, 5.74) is 5.12. The average Bonchev–Trinajstić information content (AvgIpc) is 1.36. The van der Waals surface area contributed by atoms with Crippen LogP contribution < -0.4 is 5.73 Å². The Kier molecular flexibility index (Phi) is 1.98. The van der Waals surface area contributed by atoms with E-state index < -0.39 is 6.10 Å². The molecule has 0 rings (SSSR count). The summed E-state index contributed by atoms with van der Waals surface area (Å²) >= 11 is 0. The molecule has 0 aromatic carbocycles. The molecule has 3 N–H and O–H groups in total. The van der Waals surface area contributed by atoms with Crippen molar-refractivity contribution >= 4 is 0 Å². The van der Waals surface area contributed by atoms with Crippen LogP contribution in [-0.4, -0.2) is 17.3 Å². The van der Waals surface area contributed by atoms with Crippen LogP contribution >= 0.6 is 0 Å². The second kappa shape index (κ2) is 2.05. The van der Waals surface area contributed by atoms with E-state index in [1.54, 1.807) is 6.92 Å². The van der Waals surface area contributed by atoms with Crippen LogP contribution in [0.4, 0.5) is 0 Å². The predicted molar refractivity (Wildman–Crippen MR) is 25.0 cm³/mol. The summed E-state index contributed by atoms with van der Waals surface area (Å²) < 4.78 is 0. The SMILES string of the molecule is [CH2+]C(O)C(C)N. The highest BCUT2D eigenvalue weighted by Crippen LogP contribution is 1.81. The number of hydrogen-bond acceptors (Lipinski definition) is 2. The van der Waals surface area contributed by atoms with Gasteiger partial charge in [-0.1, -0.05) is 0 Å². The summed E-state index contributed by atoms with van der Waals surface area (Å²) in [7, 11) is 0. The average molecular weight is 88.1 g/mol. The van der Waals surface area contributed by atoms with Gasteiger partial charge in [0, 0.05) is 0 Å². The summed E-state index contributed by atoms with van der Waals surface area (Å²) in [4.78, 5) is 0. The van der Waals surface area contributed by atoms with E-state index in [1.807, 2.05) is 0 Å². The second-order valence-electron chi connectivity index (χ2n) is 1.43. The van der Waals surface area contributed by atoms with Gasteiger partial charge in [0.25, 0.3) is 0 Å². The zero-order chi connectivity index (χ0) is 5.15. The first kappa shape index (κ1) is 5.79. The monoisotopic (exact) mass is 88.1 g/mol. The third kappa shape index (κ3) is 2.05. The normalized spacial score (nSPS) is 19.8. The standard InChI is InChI=1S/C4H10NO/c1-3(5)4(2)6/h3-4,6H,2,5H2,1H3/q+1. The number of rotatable bonds is 1. The van der Waals surface area contributed by atoms with Crippen molar-refractivity contribution in [3.8, 4) is 0 Å². The van der Waals surface area contributed by atoms with E-state index >= 15 is 0 Å². The molecule has 2 atom stereocenters. The molecule has 6 heavy (non-hydrogen) atoms. The zero-order valence-corrected chi connectivity index (χ0v) is 3.89. The molecule has 0 spiro atoms. The fourth-order valence-electron chi connectivity index (χ4n) is 0. The predicted octanol–water partition coefficient (Wildman–Crippen LogP) is -0.471. The minimum atomic E-state index is -0.620. The van der Waals surface area contributed by atoms with Crippen molar-refractivity contribution in [2.45, 2.75) is 19.1 Å². The molecule has 0 aromatic rings. The number of aliphatic hydroxyl groups is 1. The molecule has 0 fully saturated rings. The van der Waals surface area contributed by atoms with Crippen molar-refractivity contribution in [2.75, 3.05) is 0 Å². The second-order valence-corrected chi connectivity index (χ2v) is 1.43. The highest BCUT2D eigenvalue weighted by Gasteiger charge is 2.06. The minimum absolute atomic E-state index is 0.204. The van der Waals surface area contributed by atoms with E-state index in [0.29, 0.717) is 0 Å².